The third-order valence-electron chi connectivity index (χ3n) is 1.61. The first-order valence-corrected chi connectivity index (χ1v) is 3.51. The molecule has 56 valence electrons. The number of nitrogens with zero attached hydrogens (tertiary/aromatic N) is 3. The standard InChI is InChI=1S/C9H5N3/c10-5-8-2-1-7-3-4-11-6-9(7)12-8/h1-4,6H. The quantitative estimate of drug-likeness (QED) is 0.579. The van der Waals surface area contributed by atoms with Crippen LogP contribution in [0, 0.1) is 11.3 Å². The van der Waals surface area contributed by atoms with E-state index < -0.39 is 0 Å². The molecule has 0 bridgehead atoms. The lowest BCUT2D eigenvalue weighted by Gasteiger charge is -1.94. The van der Waals surface area contributed by atoms with Crippen molar-refractivity contribution in [1.82, 2.24) is 9.97 Å². The second kappa shape index (κ2) is 2.59. The molecule has 0 amide bonds. The molecule has 0 aromatic carbocycles. The van der Waals surface area contributed by atoms with Crippen molar-refractivity contribution in [3.8, 4) is 6.07 Å². The number of hydrogen-bond donors (Lipinski definition) is 0. The Labute approximate surface area is 69.3 Å². The van der Waals surface area contributed by atoms with Gasteiger partial charge in [-0.2, -0.15) is 5.26 Å². The van der Waals surface area contributed by atoms with E-state index in [1.54, 1.807) is 18.5 Å². The van der Waals surface area contributed by atoms with Gasteiger partial charge in [-0.1, -0.05) is 0 Å². The summed E-state index contributed by atoms with van der Waals surface area (Å²) in [4.78, 5) is 7.99. The van der Waals surface area contributed by atoms with Gasteiger partial charge in [0.25, 0.3) is 0 Å². The highest BCUT2D eigenvalue weighted by Crippen LogP contribution is 2.09. The van der Waals surface area contributed by atoms with Crippen LogP contribution in [0.2, 0.25) is 0 Å². The summed E-state index contributed by atoms with van der Waals surface area (Å²) in [5, 5.41) is 9.57. The lowest BCUT2D eigenvalue weighted by atomic mass is 10.2. The number of nitriles is 1. The van der Waals surface area contributed by atoms with Gasteiger partial charge < -0.3 is 0 Å². The Bertz CT molecular complexity index is 457. The van der Waals surface area contributed by atoms with E-state index in [4.69, 9.17) is 5.26 Å². The number of rotatable bonds is 0. The van der Waals surface area contributed by atoms with Crippen LogP contribution in [0.4, 0.5) is 0 Å². The van der Waals surface area contributed by atoms with Crippen molar-refractivity contribution >= 4 is 10.9 Å². The summed E-state index contributed by atoms with van der Waals surface area (Å²) in [7, 11) is 0. The minimum atomic E-state index is 0.426. The molecule has 2 aromatic heterocycles. The molecule has 0 atom stereocenters. The van der Waals surface area contributed by atoms with Gasteiger partial charge >= 0.3 is 0 Å². The fourth-order valence-corrected chi connectivity index (χ4v) is 1.03. The summed E-state index contributed by atoms with van der Waals surface area (Å²) in [6.45, 7) is 0. The van der Waals surface area contributed by atoms with Crippen molar-refractivity contribution in [2.24, 2.45) is 0 Å². The van der Waals surface area contributed by atoms with Gasteiger partial charge in [-0.05, 0) is 18.2 Å². The minimum Gasteiger partial charge on any atom is -0.262 e. The van der Waals surface area contributed by atoms with Crippen LogP contribution in [0.15, 0.2) is 30.6 Å². The Morgan fingerprint density at radius 3 is 3.00 bits per heavy atom. The fourth-order valence-electron chi connectivity index (χ4n) is 1.03. The van der Waals surface area contributed by atoms with Crippen LogP contribution in [-0.2, 0) is 0 Å². The minimum absolute atomic E-state index is 0.426. The van der Waals surface area contributed by atoms with Gasteiger partial charge in [0, 0.05) is 11.6 Å². The molecule has 0 unspecified atom stereocenters. The largest absolute Gasteiger partial charge is 0.262 e. The molecule has 0 N–H and O–H groups in total. The van der Waals surface area contributed by atoms with Gasteiger partial charge in [-0.25, -0.2) is 4.98 Å². The smallest absolute Gasteiger partial charge is 0.141 e. The van der Waals surface area contributed by atoms with Gasteiger partial charge in [-0.3, -0.25) is 4.98 Å². The molecule has 3 heteroatoms. The first kappa shape index (κ1) is 6.74. The molecule has 0 saturated heterocycles. The number of hydrogen-bond acceptors (Lipinski definition) is 3. The summed E-state index contributed by atoms with van der Waals surface area (Å²) >= 11 is 0. The van der Waals surface area contributed by atoms with Crippen molar-refractivity contribution in [3.63, 3.8) is 0 Å². The van der Waals surface area contributed by atoms with Crippen molar-refractivity contribution in [2.45, 2.75) is 0 Å². The van der Waals surface area contributed by atoms with Crippen molar-refractivity contribution in [3.05, 3.63) is 36.3 Å². The summed E-state index contributed by atoms with van der Waals surface area (Å²) in [5.74, 6) is 0. The second-order valence-corrected chi connectivity index (χ2v) is 2.38. The highest BCUT2D eigenvalue weighted by atomic mass is 14.7. The van der Waals surface area contributed by atoms with Crippen LogP contribution in [-0.4, -0.2) is 9.97 Å². The van der Waals surface area contributed by atoms with E-state index in [-0.39, 0.29) is 0 Å². The third kappa shape index (κ3) is 0.995. The maximum Gasteiger partial charge on any atom is 0.141 e. The Balaban J connectivity index is 2.78. The average Bonchev–Trinajstić information content (AvgIpc) is 2.17. The molecule has 0 saturated carbocycles. The van der Waals surface area contributed by atoms with Crippen molar-refractivity contribution in [2.75, 3.05) is 0 Å². The molecule has 2 aromatic rings. The molecule has 0 aliphatic heterocycles. The fraction of sp³-hybridized carbons (Fsp3) is 0. The Kier molecular flexibility index (Phi) is 1.45. The highest BCUT2D eigenvalue weighted by molar-refractivity contribution is 5.77. The van der Waals surface area contributed by atoms with Crippen LogP contribution in [0.5, 0.6) is 0 Å². The first-order valence-electron chi connectivity index (χ1n) is 3.51. The van der Waals surface area contributed by atoms with Crippen LogP contribution in [0.25, 0.3) is 10.9 Å². The summed E-state index contributed by atoms with van der Waals surface area (Å²) in [6.07, 6.45) is 3.35. The molecule has 0 aliphatic carbocycles. The van der Waals surface area contributed by atoms with E-state index in [1.165, 1.54) is 0 Å². The SMILES string of the molecule is N#Cc1ccc2ccncc2n1. The van der Waals surface area contributed by atoms with E-state index in [0.29, 0.717) is 5.69 Å². The van der Waals surface area contributed by atoms with Gasteiger partial charge in [0.15, 0.2) is 0 Å². The zero-order chi connectivity index (χ0) is 8.39. The molecule has 3 nitrogen and oxygen atoms in total. The topological polar surface area (TPSA) is 49.6 Å². The van der Waals surface area contributed by atoms with Crippen LogP contribution >= 0.6 is 0 Å². The summed E-state index contributed by atoms with van der Waals surface area (Å²) < 4.78 is 0. The lowest BCUT2D eigenvalue weighted by Crippen LogP contribution is -1.84. The molecule has 12 heavy (non-hydrogen) atoms. The average molecular weight is 155 g/mol. The van der Waals surface area contributed by atoms with Crippen molar-refractivity contribution < 1.29 is 0 Å². The predicted octanol–water partition coefficient (Wildman–Crippen LogP) is 1.50. The van der Waals surface area contributed by atoms with E-state index in [1.807, 2.05) is 18.2 Å². The van der Waals surface area contributed by atoms with Crippen LogP contribution in [0.3, 0.4) is 0 Å². The van der Waals surface area contributed by atoms with E-state index in [2.05, 4.69) is 9.97 Å². The zero-order valence-corrected chi connectivity index (χ0v) is 6.23. The van der Waals surface area contributed by atoms with E-state index >= 15 is 0 Å². The monoisotopic (exact) mass is 155 g/mol. The maximum absolute atomic E-state index is 8.56. The number of aromatic nitrogens is 2. The summed E-state index contributed by atoms with van der Waals surface area (Å²) in [6, 6.07) is 7.41. The van der Waals surface area contributed by atoms with E-state index in [9.17, 15) is 0 Å². The highest BCUT2D eigenvalue weighted by Gasteiger charge is 1.94. The molecule has 0 aliphatic rings. The van der Waals surface area contributed by atoms with Gasteiger partial charge in [0.1, 0.15) is 11.8 Å². The molecule has 2 heterocycles. The molecular weight excluding hydrogens is 150 g/mol. The molecule has 0 fully saturated rings. The first-order chi connectivity index (χ1) is 5.90. The zero-order valence-electron chi connectivity index (χ0n) is 6.23. The van der Waals surface area contributed by atoms with Gasteiger partial charge in [-0.15, -0.1) is 0 Å². The summed E-state index contributed by atoms with van der Waals surface area (Å²) in [5.41, 5.74) is 1.19. The van der Waals surface area contributed by atoms with Crippen LogP contribution in [0.1, 0.15) is 5.69 Å². The second-order valence-electron chi connectivity index (χ2n) is 2.38. The number of pyridine rings is 2. The van der Waals surface area contributed by atoms with Crippen molar-refractivity contribution in [1.29, 1.82) is 5.26 Å². The van der Waals surface area contributed by atoms with Gasteiger partial charge in [0.05, 0.1) is 11.7 Å². The Morgan fingerprint density at radius 1 is 1.25 bits per heavy atom. The number of fused-ring (bicyclic) bond motifs is 1. The normalized spacial score (nSPS) is 9.58. The lowest BCUT2D eigenvalue weighted by molar-refractivity contribution is 1.28. The molecule has 2 rings (SSSR count). The molecule has 0 radical (unpaired) electrons. The van der Waals surface area contributed by atoms with Gasteiger partial charge in [0.2, 0.25) is 0 Å². The maximum atomic E-state index is 8.56. The Morgan fingerprint density at radius 2 is 2.17 bits per heavy atom. The van der Waals surface area contributed by atoms with Crippen LogP contribution < -0.4 is 0 Å². The van der Waals surface area contributed by atoms with E-state index in [0.717, 1.165) is 10.9 Å². The molecular formula is C9H5N3. The molecule has 0 spiro atoms. The Hall–Kier alpha value is -1.95. The third-order valence-corrected chi connectivity index (χ3v) is 1.61. The predicted molar refractivity (Wildman–Crippen MR) is 44.3 cm³/mol.